The van der Waals surface area contributed by atoms with Crippen LogP contribution in [0.15, 0.2) is 48.5 Å². The average molecular weight is 373 g/mol. The van der Waals surface area contributed by atoms with Crippen molar-refractivity contribution < 1.29 is 10.2 Å². The third-order valence-electron chi connectivity index (χ3n) is 5.92. The molecular weight excluding hydrogens is 344 g/mol. The molecule has 0 saturated carbocycles. The van der Waals surface area contributed by atoms with Crippen LogP contribution in [0.4, 0.5) is 0 Å². The van der Waals surface area contributed by atoms with Crippen LogP contribution in [-0.2, 0) is 13.2 Å². The van der Waals surface area contributed by atoms with Crippen molar-refractivity contribution in [1.29, 1.82) is 0 Å². The van der Waals surface area contributed by atoms with Crippen LogP contribution in [0.1, 0.15) is 61.8 Å². The molecular formula is C26H28O2. The van der Waals surface area contributed by atoms with Gasteiger partial charge in [-0.15, -0.1) is 0 Å². The fraction of sp³-hybridized carbons (Fsp3) is 0.308. The normalized spacial score (nSPS) is 12.1. The lowest BCUT2D eigenvalue weighted by Crippen LogP contribution is -1.99. The monoisotopic (exact) mass is 372 g/mol. The molecule has 4 rings (SSSR count). The molecule has 0 spiro atoms. The number of hydrogen-bond acceptors (Lipinski definition) is 2. The maximum atomic E-state index is 10.1. The second kappa shape index (κ2) is 7.20. The highest BCUT2D eigenvalue weighted by atomic mass is 16.3. The van der Waals surface area contributed by atoms with Crippen LogP contribution in [0, 0.1) is 0 Å². The summed E-state index contributed by atoms with van der Waals surface area (Å²) in [6.07, 6.45) is 0. The quantitative estimate of drug-likeness (QED) is 0.408. The summed E-state index contributed by atoms with van der Waals surface area (Å²) in [5, 5.41) is 27.2. The van der Waals surface area contributed by atoms with Gasteiger partial charge in [0.2, 0.25) is 0 Å². The van der Waals surface area contributed by atoms with Gasteiger partial charge in [0.15, 0.2) is 0 Å². The average Bonchev–Trinajstić information content (AvgIpc) is 2.70. The van der Waals surface area contributed by atoms with Crippen LogP contribution >= 0.6 is 0 Å². The summed E-state index contributed by atoms with van der Waals surface area (Å²) in [6.45, 7) is 8.90. The summed E-state index contributed by atoms with van der Waals surface area (Å²) in [5.74, 6) is 0.749. The Morgan fingerprint density at radius 1 is 0.643 bits per heavy atom. The van der Waals surface area contributed by atoms with E-state index in [0.29, 0.717) is 11.8 Å². The Morgan fingerprint density at radius 3 is 1.43 bits per heavy atom. The van der Waals surface area contributed by atoms with Crippen LogP contribution in [0.3, 0.4) is 0 Å². The molecule has 0 bridgehead atoms. The fourth-order valence-electron chi connectivity index (χ4n) is 4.59. The van der Waals surface area contributed by atoms with E-state index in [4.69, 9.17) is 0 Å². The molecule has 4 aromatic carbocycles. The van der Waals surface area contributed by atoms with Crippen molar-refractivity contribution in [3.63, 3.8) is 0 Å². The summed E-state index contributed by atoms with van der Waals surface area (Å²) in [7, 11) is 0. The van der Waals surface area contributed by atoms with E-state index in [1.54, 1.807) is 0 Å². The number of aliphatic hydroxyl groups excluding tert-OH is 2. The van der Waals surface area contributed by atoms with Crippen molar-refractivity contribution >= 4 is 32.3 Å². The molecule has 0 heterocycles. The van der Waals surface area contributed by atoms with Crippen molar-refractivity contribution in [2.24, 2.45) is 0 Å². The van der Waals surface area contributed by atoms with Gasteiger partial charge in [-0.2, -0.15) is 0 Å². The molecule has 0 aliphatic rings. The first kappa shape index (κ1) is 18.9. The zero-order valence-corrected chi connectivity index (χ0v) is 17.1. The maximum absolute atomic E-state index is 10.1. The number of fused-ring (bicyclic) bond motifs is 5. The molecule has 0 aliphatic carbocycles. The first-order valence-electron chi connectivity index (χ1n) is 10.1. The predicted octanol–water partition coefficient (Wildman–Crippen LogP) is 6.38. The summed E-state index contributed by atoms with van der Waals surface area (Å²) in [4.78, 5) is 0. The molecule has 2 N–H and O–H groups in total. The smallest absolute Gasteiger partial charge is 0.0688 e. The zero-order chi connectivity index (χ0) is 20.0. The van der Waals surface area contributed by atoms with Crippen LogP contribution in [-0.4, -0.2) is 10.2 Å². The molecule has 0 amide bonds. The Labute approximate surface area is 166 Å². The van der Waals surface area contributed by atoms with Gasteiger partial charge < -0.3 is 10.2 Å². The Kier molecular flexibility index (Phi) is 4.86. The van der Waals surface area contributed by atoms with E-state index in [1.165, 1.54) is 27.3 Å². The van der Waals surface area contributed by atoms with Crippen LogP contribution in [0.2, 0.25) is 0 Å². The largest absolute Gasteiger partial charge is 0.392 e. The molecule has 0 saturated heterocycles. The summed E-state index contributed by atoms with van der Waals surface area (Å²) in [6, 6.07) is 17.0. The highest BCUT2D eigenvalue weighted by Crippen LogP contribution is 2.42. The zero-order valence-electron chi connectivity index (χ0n) is 17.1. The van der Waals surface area contributed by atoms with Crippen LogP contribution in [0.5, 0.6) is 0 Å². The molecule has 0 fully saturated rings. The van der Waals surface area contributed by atoms with Gasteiger partial charge >= 0.3 is 0 Å². The highest BCUT2D eigenvalue weighted by Gasteiger charge is 2.18. The standard InChI is InChI=1S/C26H28O2/c1-15(2)20-7-5-9-22-18(13-27)11-17-12-19(14-28)23-10-6-8-21(16(3)4)26(23)24(17)25(20)22/h5-12,15-16,27-28H,13-14H2,1-4H3. The van der Waals surface area contributed by atoms with Crippen molar-refractivity contribution in [3.8, 4) is 0 Å². The summed E-state index contributed by atoms with van der Waals surface area (Å²) < 4.78 is 0. The summed E-state index contributed by atoms with van der Waals surface area (Å²) in [5.41, 5.74) is 4.48. The minimum Gasteiger partial charge on any atom is -0.392 e. The maximum Gasteiger partial charge on any atom is 0.0688 e. The van der Waals surface area contributed by atoms with Crippen LogP contribution < -0.4 is 0 Å². The van der Waals surface area contributed by atoms with Crippen molar-refractivity contribution in [2.75, 3.05) is 0 Å². The Bertz CT molecular complexity index is 1100. The number of benzene rings is 4. The lowest BCUT2D eigenvalue weighted by molar-refractivity contribution is 0.283. The topological polar surface area (TPSA) is 40.5 Å². The molecule has 4 aromatic rings. The van der Waals surface area contributed by atoms with Gasteiger partial charge in [0.05, 0.1) is 13.2 Å². The Morgan fingerprint density at radius 2 is 1.07 bits per heavy atom. The molecule has 2 nitrogen and oxygen atoms in total. The third-order valence-corrected chi connectivity index (χ3v) is 5.92. The molecule has 28 heavy (non-hydrogen) atoms. The Balaban J connectivity index is 2.39. The van der Waals surface area contributed by atoms with E-state index in [2.05, 4.69) is 76.2 Å². The van der Waals surface area contributed by atoms with Gasteiger partial charge in [-0.1, -0.05) is 64.1 Å². The van der Waals surface area contributed by atoms with Gasteiger partial charge in [-0.05, 0) is 78.5 Å². The second-order valence-corrected chi connectivity index (χ2v) is 8.33. The number of hydrogen-bond donors (Lipinski definition) is 2. The summed E-state index contributed by atoms with van der Waals surface area (Å²) >= 11 is 0. The van der Waals surface area contributed by atoms with E-state index in [0.717, 1.165) is 27.3 Å². The molecule has 144 valence electrons. The predicted molar refractivity (Wildman–Crippen MR) is 119 cm³/mol. The van der Waals surface area contributed by atoms with Gasteiger partial charge in [0, 0.05) is 0 Å². The SMILES string of the molecule is CC(C)c1cccc2c(CO)cc3cc(CO)c4cccc(C(C)C)c4c3c12. The lowest BCUT2D eigenvalue weighted by Gasteiger charge is -2.20. The molecule has 0 aromatic heterocycles. The lowest BCUT2D eigenvalue weighted by atomic mass is 9.84. The first-order chi connectivity index (χ1) is 13.5. The van der Waals surface area contributed by atoms with E-state index in [1.807, 2.05) is 0 Å². The van der Waals surface area contributed by atoms with E-state index >= 15 is 0 Å². The van der Waals surface area contributed by atoms with Crippen LogP contribution in [0.25, 0.3) is 32.3 Å². The molecule has 0 atom stereocenters. The second-order valence-electron chi connectivity index (χ2n) is 8.33. The van der Waals surface area contributed by atoms with E-state index in [-0.39, 0.29) is 13.2 Å². The molecule has 2 heteroatoms. The van der Waals surface area contributed by atoms with Gasteiger partial charge in [-0.3, -0.25) is 0 Å². The minimum absolute atomic E-state index is 0.00626. The highest BCUT2D eigenvalue weighted by molar-refractivity contribution is 6.23. The van der Waals surface area contributed by atoms with Gasteiger partial charge in [0.1, 0.15) is 0 Å². The van der Waals surface area contributed by atoms with Gasteiger partial charge in [-0.25, -0.2) is 0 Å². The van der Waals surface area contributed by atoms with E-state index < -0.39 is 0 Å². The number of aliphatic hydroxyl groups is 2. The van der Waals surface area contributed by atoms with Crippen molar-refractivity contribution in [3.05, 3.63) is 70.8 Å². The van der Waals surface area contributed by atoms with E-state index in [9.17, 15) is 10.2 Å². The molecule has 0 unspecified atom stereocenters. The van der Waals surface area contributed by atoms with Crippen molar-refractivity contribution in [1.82, 2.24) is 0 Å². The molecule has 0 radical (unpaired) electrons. The minimum atomic E-state index is 0.00626. The Hall–Kier alpha value is -2.42. The fourth-order valence-corrected chi connectivity index (χ4v) is 4.59. The van der Waals surface area contributed by atoms with Gasteiger partial charge in [0.25, 0.3) is 0 Å². The van der Waals surface area contributed by atoms with Crippen molar-refractivity contribution in [2.45, 2.75) is 52.7 Å². The number of rotatable bonds is 4. The molecule has 0 aliphatic heterocycles. The first-order valence-corrected chi connectivity index (χ1v) is 10.1. The third kappa shape index (κ3) is 2.80.